The van der Waals surface area contributed by atoms with E-state index in [1.165, 1.54) is 0 Å². The van der Waals surface area contributed by atoms with Crippen molar-refractivity contribution in [1.29, 1.82) is 0 Å². The van der Waals surface area contributed by atoms with Gasteiger partial charge in [-0.2, -0.15) is 0 Å². The average molecular weight is 247 g/mol. The minimum Gasteiger partial charge on any atom is -0.315 e. The van der Waals surface area contributed by atoms with Gasteiger partial charge in [0, 0.05) is 20.0 Å². The number of terminal acetylenes is 1. The number of allylic oxidation sites excluding steroid dienone is 1. The molecule has 0 N–H and O–H groups in total. The van der Waals surface area contributed by atoms with Gasteiger partial charge in [0.2, 0.25) is 0 Å². The molecule has 3 heteroatoms. The van der Waals surface area contributed by atoms with Crippen LogP contribution in [0.15, 0.2) is 22.3 Å². The molecule has 1 unspecified atom stereocenters. The number of hydrogen-bond acceptors (Lipinski definition) is 2. The molecule has 100 valence electrons. The summed E-state index contributed by atoms with van der Waals surface area (Å²) in [5.74, 6) is 3.69. The molecule has 0 saturated carbocycles. The van der Waals surface area contributed by atoms with Crippen molar-refractivity contribution in [3.63, 3.8) is 0 Å². The number of amidine groups is 1. The van der Waals surface area contributed by atoms with E-state index in [9.17, 15) is 0 Å². The lowest BCUT2D eigenvalue weighted by molar-refractivity contribution is 0.482. The van der Waals surface area contributed by atoms with Gasteiger partial charge in [0.1, 0.15) is 5.84 Å². The third kappa shape index (κ3) is 4.03. The average Bonchev–Trinajstić information content (AvgIpc) is 2.40. The molecule has 0 saturated heterocycles. The Hall–Kier alpha value is -1.56. The van der Waals surface area contributed by atoms with Crippen LogP contribution in [0.4, 0.5) is 0 Å². The van der Waals surface area contributed by atoms with Crippen molar-refractivity contribution in [1.82, 2.24) is 4.90 Å². The Morgan fingerprint density at radius 3 is 2.28 bits per heavy atom. The standard InChI is InChI=1S/C15H25N3/c1-8-12(5)18(15(10-3)16-7)13(6)14(9-2)17-11-4/h1,12H,6,9-11H2,2-5,7H3. The van der Waals surface area contributed by atoms with E-state index in [2.05, 4.69) is 36.3 Å². The van der Waals surface area contributed by atoms with Crippen molar-refractivity contribution in [3.05, 3.63) is 12.3 Å². The van der Waals surface area contributed by atoms with Crippen molar-refractivity contribution in [3.8, 4) is 12.3 Å². The van der Waals surface area contributed by atoms with E-state index >= 15 is 0 Å². The van der Waals surface area contributed by atoms with Crippen molar-refractivity contribution < 1.29 is 0 Å². The van der Waals surface area contributed by atoms with Gasteiger partial charge in [-0.3, -0.25) is 9.98 Å². The molecule has 0 radical (unpaired) electrons. The zero-order valence-corrected chi connectivity index (χ0v) is 12.3. The van der Waals surface area contributed by atoms with Gasteiger partial charge in [0.05, 0.1) is 17.5 Å². The maximum absolute atomic E-state index is 5.55. The fourth-order valence-corrected chi connectivity index (χ4v) is 1.86. The van der Waals surface area contributed by atoms with E-state index in [1.807, 2.05) is 18.7 Å². The molecule has 0 aliphatic rings. The van der Waals surface area contributed by atoms with E-state index in [1.54, 1.807) is 7.05 Å². The molecule has 0 aliphatic heterocycles. The number of aliphatic imine (C=N–C) groups is 2. The Morgan fingerprint density at radius 2 is 1.94 bits per heavy atom. The molecule has 0 heterocycles. The van der Waals surface area contributed by atoms with Crippen molar-refractivity contribution in [2.24, 2.45) is 9.98 Å². The minimum atomic E-state index is -0.0650. The molecule has 0 amide bonds. The van der Waals surface area contributed by atoms with Crippen molar-refractivity contribution in [2.45, 2.75) is 46.6 Å². The van der Waals surface area contributed by atoms with Gasteiger partial charge in [-0.05, 0) is 20.3 Å². The highest BCUT2D eigenvalue weighted by Gasteiger charge is 2.20. The minimum absolute atomic E-state index is 0.0650. The normalized spacial score (nSPS) is 14.0. The van der Waals surface area contributed by atoms with Gasteiger partial charge in [0.15, 0.2) is 0 Å². The van der Waals surface area contributed by atoms with Crippen LogP contribution in [0, 0.1) is 12.3 Å². The summed E-state index contributed by atoms with van der Waals surface area (Å²) in [6.07, 6.45) is 7.22. The maximum Gasteiger partial charge on any atom is 0.104 e. The highest BCUT2D eigenvalue weighted by atomic mass is 15.2. The van der Waals surface area contributed by atoms with Crippen molar-refractivity contribution >= 4 is 11.5 Å². The van der Waals surface area contributed by atoms with Gasteiger partial charge in [-0.15, -0.1) is 6.42 Å². The van der Waals surface area contributed by atoms with Crippen LogP contribution in [-0.2, 0) is 0 Å². The Kier molecular flexibility index (Phi) is 7.78. The van der Waals surface area contributed by atoms with Crippen LogP contribution in [0.1, 0.15) is 40.5 Å². The van der Waals surface area contributed by atoms with Crippen LogP contribution >= 0.6 is 0 Å². The Bertz CT molecular complexity index is 372. The molecule has 1 atom stereocenters. The van der Waals surface area contributed by atoms with E-state index in [4.69, 9.17) is 6.42 Å². The molecule has 0 fully saturated rings. The van der Waals surface area contributed by atoms with Crippen LogP contribution < -0.4 is 0 Å². The topological polar surface area (TPSA) is 28.0 Å². The summed E-state index contributed by atoms with van der Waals surface area (Å²) in [6, 6.07) is -0.0650. The summed E-state index contributed by atoms with van der Waals surface area (Å²) in [4.78, 5) is 10.8. The first-order chi connectivity index (χ1) is 8.56. The predicted molar refractivity (Wildman–Crippen MR) is 81.2 cm³/mol. The van der Waals surface area contributed by atoms with Crippen LogP contribution in [0.5, 0.6) is 0 Å². The van der Waals surface area contributed by atoms with Gasteiger partial charge in [0.25, 0.3) is 0 Å². The summed E-state index contributed by atoms with van der Waals surface area (Å²) in [6.45, 7) is 13.0. The first kappa shape index (κ1) is 16.4. The van der Waals surface area contributed by atoms with Crippen LogP contribution in [-0.4, -0.2) is 36.1 Å². The molecule has 0 aromatic carbocycles. The molecule has 0 bridgehead atoms. The summed E-state index contributed by atoms with van der Waals surface area (Å²) >= 11 is 0. The second-order valence-electron chi connectivity index (χ2n) is 3.93. The molecule has 0 aliphatic carbocycles. The molecule has 18 heavy (non-hydrogen) atoms. The Morgan fingerprint density at radius 1 is 1.33 bits per heavy atom. The largest absolute Gasteiger partial charge is 0.315 e. The zero-order chi connectivity index (χ0) is 14.1. The lowest BCUT2D eigenvalue weighted by Gasteiger charge is -2.31. The van der Waals surface area contributed by atoms with Crippen molar-refractivity contribution in [2.75, 3.05) is 13.6 Å². The number of nitrogens with zero attached hydrogens (tertiary/aromatic N) is 3. The second kappa shape index (κ2) is 8.52. The Labute approximate surface area is 112 Å². The molecule has 0 spiro atoms. The highest BCUT2D eigenvalue weighted by molar-refractivity contribution is 6.03. The molecular formula is C15H25N3. The van der Waals surface area contributed by atoms with Gasteiger partial charge < -0.3 is 4.90 Å². The molecule has 0 rings (SSSR count). The predicted octanol–water partition coefficient (Wildman–Crippen LogP) is 3.13. The fraction of sp³-hybridized carbons (Fsp3) is 0.600. The Balaban J connectivity index is 5.41. The first-order valence-electron chi connectivity index (χ1n) is 6.50. The van der Waals surface area contributed by atoms with E-state index in [0.29, 0.717) is 0 Å². The maximum atomic E-state index is 5.55. The quantitative estimate of drug-likeness (QED) is 0.402. The van der Waals surface area contributed by atoms with E-state index in [-0.39, 0.29) is 6.04 Å². The number of rotatable bonds is 6. The summed E-state index contributed by atoms with van der Waals surface area (Å²) < 4.78 is 0. The fourth-order valence-electron chi connectivity index (χ4n) is 1.86. The molecular weight excluding hydrogens is 222 g/mol. The second-order valence-corrected chi connectivity index (χ2v) is 3.93. The molecule has 0 aromatic heterocycles. The van der Waals surface area contributed by atoms with Gasteiger partial charge in [-0.1, -0.05) is 26.3 Å². The number of hydrogen-bond donors (Lipinski definition) is 0. The molecule has 3 nitrogen and oxygen atoms in total. The monoisotopic (exact) mass is 247 g/mol. The van der Waals surface area contributed by atoms with Crippen LogP contribution in [0.2, 0.25) is 0 Å². The third-order valence-corrected chi connectivity index (χ3v) is 2.79. The summed E-state index contributed by atoms with van der Waals surface area (Å²) in [5, 5.41) is 0. The lowest BCUT2D eigenvalue weighted by Crippen LogP contribution is -2.39. The summed E-state index contributed by atoms with van der Waals surface area (Å²) in [7, 11) is 1.78. The van der Waals surface area contributed by atoms with E-state index in [0.717, 1.165) is 36.6 Å². The highest BCUT2D eigenvalue weighted by Crippen LogP contribution is 2.14. The third-order valence-electron chi connectivity index (χ3n) is 2.79. The van der Waals surface area contributed by atoms with Crippen LogP contribution in [0.3, 0.4) is 0 Å². The molecule has 0 aromatic rings. The summed E-state index contributed by atoms with van der Waals surface area (Å²) in [5.41, 5.74) is 1.86. The van der Waals surface area contributed by atoms with Crippen LogP contribution in [0.25, 0.3) is 0 Å². The SMILES string of the molecule is C#CC(C)N(C(=C)C(CC)=NCC)C(CC)=NC. The first-order valence-corrected chi connectivity index (χ1v) is 6.50. The van der Waals surface area contributed by atoms with Gasteiger partial charge in [-0.25, -0.2) is 0 Å². The smallest absolute Gasteiger partial charge is 0.104 e. The van der Waals surface area contributed by atoms with Gasteiger partial charge >= 0.3 is 0 Å². The zero-order valence-electron chi connectivity index (χ0n) is 12.3. The lowest BCUT2D eigenvalue weighted by atomic mass is 10.1. The van der Waals surface area contributed by atoms with E-state index < -0.39 is 0 Å².